The zero-order valence-corrected chi connectivity index (χ0v) is 14.3. The zero-order valence-electron chi connectivity index (χ0n) is 14.3. The fourth-order valence-electron chi connectivity index (χ4n) is 3.33. The molecule has 6 nitrogen and oxygen atoms in total. The molecule has 0 radical (unpaired) electrons. The molecule has 1 N–H and O–H groups in total. The summed E-state index contributed by atoms with van der Waals surface area (Å²) in [7, 11) is 0. The van der Waals surface area contributed by atoms with Crippen molar-refractivity contribution in [2.45, 2.75) is 39.2 Å². The molecule has 23 heavy (non-hydrogen) atoms. The maximum Gasteiger partial charge on any atom is 0.194 e. The standard InChI is InChI=1S/C15H20N4O2.C2H6/c1-11-17-12-2-8-20-13(12)14(18-11)19-6-3-15(4-7-19)10-16-5-9-21-15;1-2/h2,8,16H,3-7,9-10H2,1H3;1-2H3. The van der Waals surface area contributed by atoms with E-state index in [0.717, 1.165) is 68.4 Å². The number of ether oxygens (including phenoxy) is 1. The number of hydrogen-bond donors (Lipinski definition) is 1. The van der Waals surface area contributed by atoms with Crippen molar-refractivity contribution in [2.24, 2.45) is 0 Å². The van der Waals surface area contributed by atoms with Gasteiger partial charge in [0.1, 0.15) is 11.3 Å². The lowest BCUT2D eigenvalue weighted by molar-refractivity contribution is -0.0800. The molecule has 2 aromatic heterocycles. The van der Waals surface area contributed by atoms with E-state index in [1.54, 1.807) is 6.26 Å². The SMILES string of the molecule is CC.Cc1nc(N2CCC3(CC2)CNCCO3)c2occc2n1. The minimum atomic E-state index is 0.0130. The van der Waals surface area contributed by atoms with E-state index >= 15 is 0 Å². The van der Waals surface area contributed by atoms with Crippen LogP contribution >= 0.6 is 0 Å². The third-order valence-electron chi connectivity index (χ3n) is 4.51. The van der Waals surface area contributed by atoms with E-state index in [1.165, 1.54) is 0 Å². The topological polar surface area (TPSA) is 63.4 Å². The lowest BCUT2D eigenvalue weighted by atomic mass is 9.90. The normalized spacial score (nSPS) is 20.4. The minimum Gasteiger partial charge on any atom is -0.459 e. The maximum absolute atomic E-state index is 6.04. The van der Waals surface area contributed by atoms with Crippen LogP contribution in [-0.2, 0) is 4.74 Å². The summed E-state index contributed by atoms with van der Waals surface area (Å²) in [5.41, 5.74) is 1.69. The number of morpholine rings is 1. The van der Waals surface area contributed by atoms with Gasteiger partial charge in [-0.25, -0.2) is 9.97 Å². The van der Waals surface area contributed by atoms with E-state index in [9.17, 15) is 0 Å². The van der Waals surface area contributed by atoms with Gasteiger partial charge in [-0.15, -0.1) is 0 Å². The van der Waals surface area contributed by atoms with E-state index in [2.05, 4.69) is 20.2 Å². The Bertz CT molecular complexity index is 639. The van der Waals surface area contributed by atoms with Crippen molar-refractivity contribution in [3.63, 3.8) is 0 Å². The molecule has 126 valence electrons. The van der Waals surface area contributed by atoms with Gasteiger partial charge in [-0.1, -0.05) is 13.8 Å². The Balaban J connectivity index is 0.000000753. The number of nitrogens with zero attached hydrogens (tertiary/aromatic N) is 3. The molecule has 2 saturated heterocycles. The Morgan fingerprint density at radius 3 is 2.70 bits per heavy atom. The summed E-state index contributed by atoms with van der Waals surface area (Å²) in [5, 5.41) is 3.45. The summed E-state index contributed by atoms with van der Waals surface area (Å²) >= 11 is 0. The van der Waals surface area contributed by atoms with Crippen LogP contribution < -0.4 is 10.2 Å². The molecule has 2 fully saturated rings. The second-order valence-corrected chi connectivity index (χ2v) is 5.92. The summed E-state index contributed by atoms with van der Waals surface area (Å²) in [6.07, 6.45) is 3.72. The predicted octanol–water partition coefficient (Wildman–Crippen LogP) is 2.52. The lowest BCUT2D eigenvalue weighted by Gasteiger charge is -2.44. The second-order valence-electron chi connectivity index (χ2n) is 5.92. The third kappa shape index (κ3) is 3.19. The number of anilines is 1. The highest BCUT2D eigenvalue weighted by Gasteiger charge is 2.37. The smallest absolute Gasteiger partial charge is 0.194 e. The van der Waals surface area contributed by atoms with Gasteiger partial charge < -0.3 is 19.4 Å². The number of aromatic nitrogens is 2. The summed E-state index contributed by atoms with van der Waals surface area (Å²) in [6, 6.07) is 1.90. The fourth-order valence-corrected chi connectivity index (χ4v) is 3.33. The molecule has 0 atom stereocenters. The fraction of sp³-hybridized carbons (Fsp3) is 0.647. The van der Waals surface area contributed by atoms with Crippen molar-refractivity contribution >= 4 is 16.9 Å². The largest absolute Gasteiger partial charge is 0.459 e. The molecular formula is C17H26N4O2. The highest BCUT2D eigenvalue weighted by molar-refractivity contribution is 5.84. The van der Waals surface area contributed by atoms with Gasteiger partial charge >= 0.3 is 0 Å². The Kier molecular flexibility index (Phi) is 4.82. The van der Waals surface area contributed by atoms with Gasteiger partial charge in [0.25, 0.3) is 0 Å². The lowest BCUT2D eigenvalue weighted by Crippen LogP contribution is -2.55. The van der Waals surface area contributed by atoms with Gasteiger partial charge in [-0.2, -0.15) is 0 Å². The van der Waals surface area contributed by atoms with Crippen LogP contribution in [0.15, 0.2) is 16.7 Å². The number of aryl methyl sites for hydroxylation is 1. The summed E-state index contributed by atoms with van der Waals surface area (Å²) in [6.45, 7) is 10.5. The number of piperidine rings is 1. The first-order valence-electron chi connectivity index (χ1n) is 8.57. The molecule has 0 aliphatic carbocycles. The van der Waals surface area contributed by atoms with Crippen LogP contribution in [0, 0.1) is 6.92 Å². The molecule has 0 amide bonds. The maximum atomic E-state index is 6.04. The van der Waals surface area contributed by atoms with Crippen molar-refractivity contribution in [1.29, 1.82) is 0 Å². The van der Waals surface area contributed by atoms with Crippen LogP contribution in [0.3, 0.4) is 0 Å². The van der Waals surface area contributed by atoms with Crippen LogP contribution in [0.5, 0.6) is 0 Å². The van der Waals surface area contributed by atoms with E-state index in [4.69, 9.17) is 9.15 Å². The Hall–Kier alpha value is -1.66. The summed E-state index contributed by atoms with van der Waals surface area (Å²) in [5.74, 6) is 1.70. The number of rotatable bonds is 1. The average molecular weight is 318 g/mol. The molecule has 4 heterocycles. The van der Waals surface area contributed by atoms with Crippen molar-refractivity contribution in [3.8, 4) is 0 Å². The van der Waals surface area contributed by atoms with Crippen LogP contribution in [0.2, 0.25) is 0 Å². The molecule has 0 unspecified atom stereocenters. The van der Waals surface area contributed by atoms with E-state index in [0.29, 0.717) is 0 Å². The van der Waals surface area contributed by atoms with Crippen LogP contribution in [0.4, 0.5) is 5.82 Å². The molecule has 0 bridgehead atoms. The first-order chi connectivity index (χ1) is 11.3. The number of hydrogen-bond acceptors (Lipinski definition) is 6. The zero-order chi connectivity index (χ0) is 16.3. The van der Waals surface area contributed by atoms with Gasteiger partial charge in [0.2, 0.25) is 0 Å². The summed E-state index contributed by atoms with van der Waals surface area (Å²) in [4.78, 5) is 11.3. The number of fused-ring (bicyclic) bond motifs is 1. The quantitative estimate of drug-likeness (QED) is 0.872. The molecule has 1 spiro atoms. The van der Waals surface area contributed by atoms with E-state index in [-0.39, 0.29) is 5.60 Å². The van der Waals surface area contributed by atoms with Gasteiger partial charge in [0, 0.05) is 32.2 Å². The monoisotopic (exact) mass is 318 g/mol. The number of furan rings is 1. The van der Waals surface area contributed by atoms with Gasteiger partial charge in [-0.3, -0.25) is 0 Å². The van der Waals surface area contributed by atoms with Crippen LogP contribution in [-0.4, -0.2) is 48.4 Å². The van der Waals surface area contributed by atoms with Crippen molar-refractivity contribution in [3.05, 3.63) is 18.2 Å². The highest BCUT2D eigenvalue weighted by Crippen LogP contribution is 2.32. The van der Waals surface area contributed by atoms with Gasteiger partial charge in [0.05, 0.1) is 18.5 Å². The Labute approximate surface area is 137 Å². The molecular weight excluding hydrogens is 292 g/mol. The molecule has 4 rings (SSSR count). The number of nitrogens with one attached hydrogen (secondary N) is 1. The van der Waals surface area contributed by atoms with Crippen molar-refractivity contribution in [2.75, 3.05) is 37.7 Å². The second kappa shape index (κ2) is 6.84. The van der Waals surface area contributed by atoms with Crippen molar-refractivity contribution in [1.82, 2.24) is 15.3 Å². The highest BCUT2D eigenvalue weighted by atomic mass is 16.5. The summed E-state index contributed by atoms with van der Waals surface area (Å²) < 4.78 is 11.6. The molecule has 2 aromatic rings. The minimum absolute atomic E-state index is 0.0130. The van der Waals surface area contributed by atoms with E-state index in [1.807, 2.05) is 26.8 Å². The Morgan fingerprint density at radius 1 is 1.22 bits per heavy atom. The predicted molar refractivity (Wildman–Crippen MR) is 90.9 cm³/mol. The first kappa shape index (κ1) is 16.2. The molecule has 2 aliphatic heterocycles. The van der Waals surface area contributed by atoms with Gasteiger partial charge in [0.15, 0.2) is 11.4 Å². The van der Waals surface area contributed by atoms with Crippen molar-refractivity contribution < 1.29 is 9.15 Å². The average Bonchev–Trinajstić information content (AvgIpc) is 3.06. The first-order valence-corrected chi connectivity index (χ1v) is 8.57. The molecule has 0 aromatic carbocycles. The Morgan fingerprint density at radius 2 is 2.00 bits per heavy atom. The third-order valence-corrected chi connectivity index (χ3v) is 4.51. The molecule has 6 heteroatoms. The van der Waals surface area contributed by atoms with Crippen LogP contribution in [0.1, 0.15) is 32.5 Å². The van der Waals surface area contributed by atoms with E-state index < -0.39 is 0 Å². The molecule has 0 saturated carbocycles. The molecule has 2 aliphatic rings. The van der Waals surface area contributed by atoms with Gasteiger partial charge in [-0.05, 0) is 19.8 Å². The van der Waals surface area contributed by atoms with Crippen LogP contribution in [0.25, 0.3) is 11.1 Å².